The van der Waals surface area contributed by atoms with Crippen LogP contribution in [0.5, 0.6) is 11.5 Å². The van der Waals surface area contributed by atoms with Crippen molar-refractivity contribution >= 4 is 34.4 Å². The number of aromatic hydroxyl groups is 2. The molecule has 2 aliphatic rings. The zero-order valence-electron chi connectivity index (χ0n) is 24.4. The molecule has 0 atom stereocenters. The Morgan fingerprint density at radius 1 is 0.500 bits per heavy atom. The van der Waals surface area contributed by atoms with Gasteiger partial charge in [-0.15, -0.1) is 0 Å². The average Bonchev–Trinajstić information content (AvgIpc) is 3.59. The lowest BCUT2D eigenvalue weighted by atomic mass is 9.95. The maximum Gasteiger partial charge on any atom is 0.270 e. The Morgan fingerprint density at radius 2 is 0.750 bits per heavy atom. The van der Waals surface area contributed by atoms with E-state index in [4.69, 9.17) is 26.3 Å². The molecule has 218 valence electrons. The fourth-order valence-electron chi connectivity index (χ4n) is 5.68. The molecule has 10 nitrogen and oxygen atoms in total. The molecule has 0 bridgehead atoms. The maximum atomic E-state index is 11.3. The largest absolute Gasteiger partial charge is 0.507 e. The van der Waals surface area contributed by atoms with Crippen LogP contribution in [0.25, 0.3) is 53.8 Å². The van der Waals surface area contributed by atoms with Crippen molar-refractivity contribution in [1.82, 2.24) is 0 Å². The summed E-state index contributed by atoms with van der Waals surface area (Å²) in [4.78, 5) is 13.4. The van der Waals surface area contributed by atoms with Gasteiger partial charge in [0.05, 0.1) is 50.6 Å². The Hall–Kier alpha value is -8.38. The molecule has 2 N–H and O–H groups in total. The van der Waals surface area contributed by atoms with Crippen molar-refractivity contribution in [3.63, 3.8) is 0 Å². The number of benzene rings is 3. The standard InChI is InChI=1S/C38H14N8O2/c1-43-29(17-39)35-23-9-5-6-10-24(23)36(30(18-40)44-2)27(35)13-21-15-34(48)22(16-33(21)47)14-28-37(31(19-41)45-3)25-11-7-8-12-26(25)38(28)32(20-42)46-4/h5-16,47-48H/b35-29-,36-30-,37-31+,38-32+. The van der Waals surface area contributed by atoms with Gasteiger partial charge in [0.25, 0.3) is 22.8 Å². The monoisotopic (exact) mass is 614 g/mol. The molecule has 0 fully saturated rings. The summed E-state index contributed by atoms with van der Waals surface area (Å²) < 4.78 is 0. The van der Waals surface area contributed by atoms with Gasteiger partial charge in [0.2, 0.25) is 0 Å². The molecular weight excluding hydrogens is 600 g/mol. The summed E-state index contributed by atoms with van der Waals surface area (Å²) in [5.74, 6) is -0.792. The van der Waals surface area contributed by atoms with Crippen LogP contribution in [0.2, 0.25) is 0 Å². The highest BCUT2D eigenvalue weighted by Crippen LogP contribution is 2.51. The first-order chi connectivity index (χ1) is 23.3. The Labute approximate surface area is 274 Å². The molecule has 5 rings (SSSR count). The van der Waals surface area contributed by atoms with Gasteiger partial charge in [-0.05, 0) is 57.7 Å². The van der Waals surface area contributed by atoms with Crippen LogP contribution < -0.4 is 0 Å². The molecule has 0 saturated carbocycles. The fraction of sp³-hybridized carbons (Fsp3) is 0. The Kier molecular flexibility index (Phi) is 8.21. The zero-order valence-corrected chi connectivity index (χ0v) is 24.4. The van der Waals surface area contributed by atoms with E-state index in [9.17, 15) is 31.3 Å². The minimum Gasteiger partial charge on any atom is -0.507 e. The topological polar surface area (TPSA) is 153 Å². The minimum atomic E-state index is -0.396. The second-order valence-electron chi connectivity index (χ2n) is 9.97. The molecule has 2 aliphatic carbocycles. The van der Waals surface area contributed by atoms with Crippen LogP contribution in [-0.4, -0.2) is 10.2 Å². The SMILES string of the molecule is [C-]#[N+]/C(C#N)=C1/C(=Cc2cc(O)c(C=C3/C(=C(/C#N)[N+]#[C-])c4ccccc4/C3=C(\C#N)[N+]#[C-])cc2O)/C(=C(\C#N)[N+]#[C-])c2ccccc21. The van der Waals surface area contributed by atoms with E-state index in [1.165, 1.54) is 24.3 Å². The highest BCUT2D eigenvalue weighted by molar-refractivity contribution is 6.16. The second-order valence-corrected chi connectivity index (χ2v) is 9.97. The molecule has 0 unspecified atom stereocenters. The maximum absolute atomic E-state index is 11.3. The Morgan fingerprint density at radius 3 is 0.958 bits per heavy atom. The lowest BCUT2D eigenvalue weighted by Gasteiger charge is -2.11. The first-order valence-electron chi connectivity index (χ1n) is 13.6. The number of hydrogen-bond donors (Lipinski definition) is 2. The predicted octanol–water partition coefficient (Wildman–Crippen LogP) is 7.91. The van der Waals surface area contributed by atoms with Gasteiger partial charge in [0, 0.05) is 33.4 Å². The normalized spacial score (nSPS) is 16.4. The van der Waals surface area contributed by atoms with E-state index in [-0.39, 0.29) is 67.4 Å². The van der Waals surface area contributed by atoms with Crippen molar-refractivity contribution in [1.29, 1.82) is 21.0 Å². The van der Waals surface area contributed by atoms with Crippen molar-refractivity contribution in [2.24, 2.45) is 0 Å². The van der Waals surface area contributed by atoms with Crippen molar-refractivity contribution < 1.29 is 10.2 Å². The summed E-state index contributed by atoms with van der Waals surface area (Å²) in [5, 5.41) is 61.7. The van der Waals surface area contributed by atoms with Gasteiger partial charge in [-0.1, -0.05) is 48.5 Å². The number of rotatable bonds is 2. The van der Waals surface area contributed by atoms with Crippen LogP contribution in [0.4, 0.5) is 0 Å². The van der Waals surface area contributed by atoms with E-state index in [2.05, 4.69) is 19.4 Å². The summed E-state index contributed by atoms with van der Waals surface area (Å²) >= 11 is 0. The van der Waals surface area contributed by atoms with Gasteiger partial charge in [-0.3, -0.25) is 0 Å². The number of phenolic OH excluding ortho intramolecular Hbond substituents is 2. The molecule has 48 heavy (non-hydrogen) atoms. The van der Waals surface area contributed by atoms with Crippen LogP contribution in [0.3, 0.4) is 0 Å². The third kappa shape index (κ3) is 4.89. The first kappa shape index (κ1) is 31.1. The van der Waals surface area contributed by atoms with Gasteiger partial charge in [0.15, 0.2) is 0 Å². The lowest BCUT2D eigenvalue weighted by Crippen LogP contribution is -1.91. The fourth-order valence-corrected chi connectivity index (χ4v) is 5.68. The molecule has 10 heteroatoms. The average molecular weight is 615 g/mol. The van der Waals surface area contributed by atoms with E-state index >= 15 is 0 Å². The van der Waals surface area contributed by atoms with Gasteiger partial charge in [0.1, 0.15) is 11.5 Å². The summed E-state index contributed by atoms with van der Waals surface area (Å²) in [5.41, 5.74) is 1.43. The first-order valence-corrected chi connectivity index (χ1v) is 13.6. The molecule has 0 heterocycles. The van der Waals surface area contributed by atoms with E-state index in [0.29, 0.717) is 22.3 Å². The quantitative estimate of drug-likeness (QED) is 0.170. The summed E-state index contributed by atoms with van der Waals surface area (Å²) in [6.07, 6.45) is 2.73. The molecule has 0 radical (unpaired) electrons. The third-order valence-corrected chi connectivity index (χ3v) is 7.60. The van der Waals surface area contributed by atoms with Crippen LogP contribution in [-0.2, 0) is 0 Å². The van der Waals surface area contributed by atoms with Crippen molar-refractivity contribution in [2.75, 3.05) is 0 Å². The molecule has 3 aromatic rings. The predicted molar refractivity (Wildman–Crippen MR) is 175 cm³/mol. The van der Waals surface area contributed by atoms with Crippen LogP contribution >= 0.6 is 0 Å². The lowest BCUT2D eigenvalue weighted by molar-refractivity contribution is 0.458. The minimum absolute atomic E-state index is 0.0102. The van der Waals surface area contributed by atoms with Gasteiger partial charge in [-0.25, -0.2) is 40.4 Å². The second kappa shape index (κ2) is 12.7. The number of hydrogen-bond acceptors (Lipinski definition) is 6. The van der Waals surface area contributed by atoms with Crippen LogP contribution in [0.15, 0.2) is 94.6 Å². The van der Waals surface area contributed by atoms with Crippen molar-refractivity contribution in [3.05, 3.63) is 174 Å². The smallest absolute Gasteiger partial charge is 0.270 e. The van der Waals surface area contributed by atoms with E-state index in [1.54, 1.807) is 48.5 Å². The van der Waals surface area contributed by atoms with Crippen molar-refractivity contribution in [3.8, 4) is 35.8 Å². The van der Waals surface area contributed by atoms with E-state index < -0.39 is 11.5 Å². The van der Waals surface area contributed by atoms with Gasteiger partial charge < -0.3 is 10.2 Å². The van der Waals surface area contributed by atoms with Crippen LogP contribution in [0, 0.1) is 71.6 Å². The van der Waals surface area contributed by atoms with Gasteiger partial charge >= 0.3 is 0 Å². The van der Waals surface area contributed by atoms with E-state index in [1.807, 2.05) is 24.3 Å². The van der Waals surface area contributed by atoms with Gasteiger partial charge in [-0.2, -0.15) is 0 Å². The summed E-state index contributed by atoms with van der Waals surface area (Å²) in [6, 6.07) is 23.1. The molecule has 0 amide bonds. The highest BCUT2D eigenvalue weighted by atomic mass is 16.3. The summed E-state index contributed by atoms with van der Waals surface area (Å²) in [7, 11) is 0. The van der Waals surface area contributed by atoms with Crippen LogP contribution in [0.1, 0.15) is 33.4 Å². The number of allylic oxidation sites excluding steroid dienone is 10. The highest BCUT2D eigenvalue weighted by Gasteiger charge is 2.33. The molecule has 3 aromatic carbocycles. The zero-order chi connectivity index (χ0) is 34.5. The number of nitriles is 4. The molecule has 0 aromatic heterocycles. The number of phenols is 2. The molecule has 0 aliphatic heterocycles. The molecule has 0 saturated heterocycles. The van der Waals surface area contributed by atoms with E-state index in [0.717, 1.165) is 0 Å². The summed E-state index contributed by atoms with van der Waals surface area (Å²) in [6.45, 7) is 30.4. The Bertz CT molecular complexity index is 2170. The number of nitrogens with zero attached hydrogens (tertiary/aromatic N) is 8. The molecular formula is C38H14N8O2. The third-order valence-electron chi connectivity index (χ3n) is 7.60. The molecule has 0 spiro atoms. The van der Waals surface area contributed by atoms with Crippen molar-refractivity contribution in [2.45, 2.75) is 0 Å². The Balaban J connectivity index is 1.81. The number of fused-ring (bicyclic) bond motifs is 2.